The summed E-state index contributed by atoms with van der Waals surface area (Å²) in [5.41, 5.74) is 0.447. The molecule has 2 aromatic heterocycles. The Labute approximate surface area is 136 Å². The quantitative estimate of drug-likeness (QED) is 0.721. The maximum atomic E-state index is 14.4. The Balaban J connectivity index is 2.16. The van der Waals surface area contributed by atoms with Gasteiger partial charge in [0.2, 0.25) is 10.8 Å². The lowest BCUT2D eigenvalue weighted by molar-refractivity contribution is 0.172. The monoisotopic (exact) mass is 336 g/mol. The molecule has 6 nitrogen and oxygen atoms in total. The fraction of sp³-hybridized carbons (Fsp3) is 0.333. The lowest BCUT2D eigenvalue weighted by Crippen LogP contribution is -2.32. The molecule has 0 spiro atoms. The van der Waals surface area contributed by atoms with E-state index in [0.717, 1.165) is 0 Å². The van der Waals surface area contributed by atoms with Gasteiger partial charge in [-0.2, -0.15) is 9.61 Å². The Kier molecular flexibility index (Phi) is 4.56. The molecule has 0 saturated carbocycles. The second kappa shape index (κ2) is 6.61. The third-order valence-electron chi connectivity index (χ3n) is 3.75. The lowest BCUT2D eigenvalue weighted by Gasteiger charge is -2.30. The normalized spacial score (nSPS) is 13.0. The minimum absolute atomic E-state index is 0.0489. The zero-order chi connectivity index (χ0) is 16.4. The summed E-state index contributed by atoms with van der Waals surface area (Å²) in [5, 5.41) is 23.8. The van der Waals surface area contributed by atoms with Crippen molar-refractivity contribution in [3.8, 4) is 5.88 Å². The molecule has 122 valence electrons. The van der Waals surface area contributed by atoms with E-state index in [1.807, 2.05) is 11.8 Å². The van der Waals surface area contributed by atoms with Crippen LogP contribution in [0, 0.1) is 5.82 Å². The summed E-state index contributed by atoms with van der Waals surface area (Å²) in [6, 6.07) is 5.95. The molecule has 0 saturated heterocycles. The van der Waals surface area contributed by atoms with Crippen molar-refractivity contribution < 1.29 is 14.6 Å². The number of aliphatic hydroxyl groups excluding tert-OH is 1. The molecule has 0 bridgehead atoms. The number of benzene rings is 1. The second-order valence-corrected chi connectivity index (χ2v) is 6.03. The topological polar surface area (TPSA) is 73.9 Å². The molecule has 23 heavy (non-hydrogen) atoms. The van der Waals surface area contributed by atoms with Crippen molar-refractivity contribution in [1.82, 2.24) is 19.5 Å². The van der Waals surface area contributed by atoms with Gasteiger partial charge in [-0.25, -0.2) is 9.37 Å². The van der Waals surface area contributed by atoms with Gasteiger partial charge in [0.1, 0.15) is 12.1 Å². The summed E-state index contributed by atoms with van der Waals surface area (Å²) >= 11 is 1.26. The lowest BCUT2D eigenvalue weighted by atomic mass is 10.0. The largest absolute Gasteiger partial charge is 0.492 e. The van der Waals surface area contributed by atoms with Crippen LogP contribution in [-0.4, -0.2) is 49.4 Å². The molecule has 1 aromatic carbocycles. The highest BCUT2D eigenvalue weighted by atomic mass is 32.1. The maximum Gasteiger partial charge on any atom is 0.230 e. The van der Waals surface area contributed by atoms with E-state index in [-0.39, 0.29) is 18.3 Å². The predicted octanol–water partition coefficient (Wildman–Crippen LogP) is 2.04. The van der Waals surface area contributed by atoms with Crippen LogP contribution < -0.4 is 0 Å². The highest BCUT2D eigenvalue weighted by Gasteiger charge is 2.30. The zero-order valence-electron chi connectivity index (χ0n) is 12.6. The minimum Gasteiger partial charge on any atom is -0.492 e. The number of fused-ring (bicyclic) bond motifs is 1. The van der Waals surface area contributed by atoms with Crippen LogP contribution in [0.1, 0.15) is 23.4 Å². The van der Waals surface area contributed by atoms with Gasteiger partial charge in [-0.15, -0.1) is 0 Å². The molecule has 0 aliphatic rings. The smallest absolute Gasteiger partial charge is 0.230 e. The zero-order valence-corrected chi connectivity index (χ0v) is 13.4. The first-order valence-electron chi connectivity index (χ1n) is 7.28. The molecule has 0 radical (unpaired) electrons. The molecule has 3 rings (SSSR count). The van der Waals surface area contributed by atoms with Gasteiger partial charge in [-0.05, 0) is 12.6 Å². The number of rotatable bonds is 6. The van der Waals surface area contributed by atoms with Gasteiger partial charge in [0.05, 0.1) is 17.5 Å². The van der Waals surface area contributed by atoms with Crippen LogP contribution in [0.25, 0.3) is 4.96 Å². The Bertz CT molecular complexity index is 804. The van der Waals surface area contributed by atoms with Crippen molar-refractivity contribution in [1.29, 1.82) is 0 Å². The number of thiazole rings is 1. The number of aromatic nitrogens is 3. The van der Waals surface area contributed by atoms with Gasteiger partial charge in [-0.1, -0.05) is 36.5 Å². The van der Waals surface area contributed by atoms with Crippen LogP contribution in [0.5, 0.6) is 5.88 Å². The molecule has 3 aromatic rings. The molecule has 0 aliphatic carbocycles. The molecule has 8 heteroatoms. The van der Waals surface area contributed by atoms with E-state index in [1.54, 1.807) is 18.2 Å². The molecule has 0 fully saturated rings. The molecule has 2 N–H and O–H groups in total. The van der Waals surface area contributed by atoms with Gasteiger partial charge in [0.15, 0.2) is 0 Å². The Morgan fingerprint density at radius 2 is 2.17 bits per heavy atom. The van der Waals surface area contributed by atoms with E-state index in [1.165, 1.54) is 28.2 Å². The molecule has 0 aliphatic heterocycles. The van der Waals surface area contributed by atoms with Crippen molar-refractivity contribution in [3.63, 3.8) is 0 Å². The van der Waals surface area contributed by atoms with E-state index in [0.29, 0.717) is 28.5 Å². The molecular formula is C15H17FN4O2S. The average molecular weight is 336 g/mol. The van der Waals surface area contributed by atoms with Crippen molar-refractivity contribution in [2.75, 3.05) is 19.7 Å². The van der Waals surface area contributed by atoms with Crippen LogP contribution in [0.3, 0.4) is 0 Å². The number of aromatic hydroxyl groups is 1. The Morgan fingerprint density at radius 3 is 2.83 bits per heavy atom. The predicted molar refractivity (Wildman–Crippen MR) is 85.1 cm³/mol. The van der Waals surface area contributed by atoms with Crippen molar-refractivity contribution >= 4 is 16.3 Å². The first kappa shape index (κ1) is 15.9. The number of aliphatic hydroxyl groups is 1. The van der Waals surface area contributed by atoms with Crippen molar-refractivity contribution in [2.45, 2.75) is 13.0 Å². The highest BCUT2D eigenvalue weighted by Crippen LogP contribution is 2.40. The number of likely N-dealkylation sites (N-methyl/N-ethyl adjacent to an activating group) is 1. The third-order valence-corrected chi connectivity index (χ3v) is 4.83. The van der Waals surface area contributed by atoms with E-state index in [9.17, 15) is 14.6 Å². The number of nitrogens with zero attached hydrogens (tertiary/aromatic N) is 4. The molecule has 1 unspecified atom stereocenters. The van der Waals surface area contributed by atoms with Gasteiger partial charge in [0.25, 0.3) is 0 Å². The van der Waals surface area contributed by atoms with Crippen LogP contribution >= 0.6 is 11.3 Å². The van der Waals surface area contributed by atoms with Crippen molar-refractivity contribution in [2.24, 2.45) is 0 Å². The minimum atomic E-state index is -0.512. The first-order chi connectivity index (χ1) is 11.2. The average Bonchev–Trinajstić information content (AvgIpc) is 3.12. The summed E-state index contributed by atoms with van der Waals surface area (Å²) < 4.78 is 15.7. The SMILES string of the molecule is CCN(CCO)C(c1ccccc1F)c1sc2ncnn2c1O. The van der Waals surface area contributed by atoms with Gasteiger partial charge < -0.3 is 10.2 Å². The van der Waals surface area contributed by atoms with Crippen LogP contribution in [0.2, 0.25) is 0 Å². The van der Waals surface area contributed by atoms with E-state index >= 15 is 0 Å². The highest BCUT2D eigenvalue weighted by molar-refractivity contribution is 7.17. The number of hydrogen-bond acceptors (Lipinski definition) is 6. The summed E-state index contributed by atoms with van der Waals surface area (Å²) in [7, 11) is 0. The van der Waals surface area contributed by atoms with E-state index < -0.39 is 6.04 Å². The third kappa shape index (κ3) is 2.80. The fourth-order valence-corrected chi connectivity index (χ4v) is 3.75. The molecule has 2 heterocycles. The fourth-order valence-electron chi connectivity index (χ4n) is 2.67. The number of halogens is 1. The summed E-state index contributed by atoms with van der Waals surface area (Å²) in [5.74, 6) is -0.403. The van der Waals surface area contributed by atoms with Gasteiger partial charge in [-0.3, -0.25) is 4.90 Å². The second-order valence-electron chi connectivity index (χ2n) is 5.02. The first-order valence-corrected chi connectivity index (χ1v) is 8.09. The molecule has 0 amide bonds. The van der Waals surface area contributed by atoms with Crippen molar-refractivity contribution in [3.05, 3.63) is 46.9 Å². The molecular weight excluding hydrogens is 319 g/mol. The van der Waals surface area contributed by atoms with Crippen LogP contribution in [0.4, 0.5) is 4.39 Å². The Hall–Kier alpha value is -2.03. The Morgan fingerprint density at radius 1 is 1.39 bits per heavy atom. The summed E-state index contributed by atoms with van der Waals surface area (Å²) in [4.78, 5) is 7.08. The number of hydrogen-bond donors (Lipinski definition) is 2. The van der Waals surface area contributed by atoms with E-state index in [4.69, 9.17) is 0 Å². The van der Waals surface area contributed by atoms with Gasteiger partial charge >= 0.3 is 0 Å². The molecule has 1 atom stereocenters. The standard InChI is InChI=1S/C15H17FN4O2S/c1-2-19(7-8-21)12(10-5-3-4-6-11(10)16)13-14(22)20-15(23-13)17-9-18-20/h3-6,9,12,21-22H,2,7-8H2,1H3. The van der Waals surface area contributed by atoms with Crippen LogP contribution in [-0.2, 0) is 0 Å². The van der Waals surface area contributed by atoms with E-state index in [2.05, 4.69) is 10.1 Å². The summed E-state index contributed by atoms with van der Waals surface area (Å²) in [6.07, 6.45) is 1.36. The maximum absolute atomic E-state index is 14.4. The van der Waals surface area contributed by atoms with Gasteiger partial charge in [0, 0.05) is 12.1 Å². The van der Waals surface area contributed by atoms with Crippen LogP contribution in [0.15, 0.2) is 30.6 Å². The summed E-state index contributed by atoms with van der Waals surface area (Å²) in [6.45, 7) is 2.83.